The summed E-state index contributed by atoms with van der Waals surface area (Å²) in [6.07, 6.45) is 3.89. The molecule has 0 aliphatic heterocycles. The molecular formula is C13H15ClN4O2. The van der Waals surface area contributed by atoms with Crippen LogP contribution in [0.5, 0.6) is 0 Å². The maximum atomic E-state index is 12.1. The van der Waals surface area contributed by atoms with Crippen LogP contribution in [0.15, 0.2) is 29.1 Å². The predicted octanol–water partition coefficient (Wildman–Crippen LogP) is 2.47. The Hall–Kier alpha value is -2.08. The van der Waals surface area contributed by atoms with Crippen molar-refractivity contribution in [1.29, 1.82) is 0 Å². The van der Waals surface area contributed by atoms with Crippen molar-refractivity contribution in [3.63, 3.8) is 0 Å². The Morgan fingerprint density at radius 2 is 2.35 bits per heavy atom. The first-order chi connectivity index (χ1) is 9.70. The summed E-state index contributed by atoms with van der Waals surface area (Å²) < 4.78 is 4.69. The number of anilines is 1. The fourth-order valence-electron chi connectivity index (χ4n) is 1.56. The molecule has 2 N–H and O–H groups in total. The molecule has 7 heteroatoms. The van der Waals surface area contributed by atoms with Crippen molar-refractivity contribution in [2.75, 3.05) is 11.9 Å². The van der Waals surface area contributed by atoms with Gasteiger partial charge in [0.25, 0.3) is 5.91 Å². The Morgan fingerprint density at radius 1 is 1.50 bits per heavy atom. The van der Waals surface area contributed by atoms with Gasteiger partial charge >= 0.3 is 0 Å². The van der Waals surface area contributed by atoms with E-state index < -0.39 is 0 Å². The smallest absolute Gasteiger partial charge is 0.253 e. The summed E-state index contributed by atoms with van der Waals surface area (Å²) >= 11 is 6.00. The molecule has 2 aromatic rings. The van der Waals surface area contributed by atoms with Gasteiger partial charge in [0, 0.05) is 18.8 Å². The first-order valence-corrected chi connectivity index (χ1v) is 6.65. The number of aromatic nitrogens is 2. The molecule has 0 aliphatic rings. The van der Waals surface area contributed by atoms with Gasteiger partial charge in [-0.3, -0.25) is 4.79 Å². The van der Waals surface area contributed by atoms with Crippen LogP contribution in [0, 0.1) is 0 Å². The highest BCUT2D eigenvalue weighted by molar-refractivity contribution is 6.33. The average molecular weight is 295 g/mol. The van der Waals surface area contributed by atoms with E-state index in [4.69, 9.17) is 16.1 Å². The summed E-state index contributed by atoms with van der Waals surface area (Å²) in [6, 6.07) is 3.32. The molecule has 2 heterocycles. The van der Waals surface area contributed by atoms with Gasteiger partial charge in [-0.2, -0.15) is 0 Å². The number of hydrogen-bond donors (Lipinski definition) is 2. The van der Waals surface area contributed by atoms with Gasteiger partial charge in [0.15, 0.2) is 0 Å². The summed E-state index contributed by atoms with van der Waals surface area (Å²) in [4.78, 5) is 16.2. The highest BCUT2D eigenvalue weighted by Crippen LogP contribution is 2.18. The molecule has 0 unspecified atom stereocenters. The molecule has 0 aromatic carbocycles. The second kappa shape index (κ2) is 6.91. The van der Waals surface area contributed by atoms with Crippen LogP contribution in [-0.2, 0) is 6.54 Å². The summed E-state index contributed by atoms with van der Waals surface area (Å²) in [5.41, 5.74) is 1.02. The number of carbonyl (C=O) groups is 1. The fraction of sp³-hybridized carbons (Fsp3) is 0.308. The number of nitrogens with zero attached hydrogens (tertiary/aromatic N) is 2. The van der Waals surface area contributed by atoms with Crippen LogP contribution in [0.3, 0.4) is 0 Å². The number of rotatable bonds is 6. The molecule has 0 spiro atoms. The number of hydrogen-bond acceptors (Lipinski definition) is 5. The number of halogens is 1. The lowest BCUT2D eigenvalue weighted by Gasteiger charge is -2.08. The van der Waals surface area contributed by atoms with Crippen molar-refractivity contribution in [3.8, 4) is 0 Å². The lowest BCUT2D eigenvalue weighted by molar-refractivity contribution is 0.0950. The fourth-order valence-corrected chi connectivity index (χ4v) is 1.75. The Balaban J connectivity index is 2.04. The topological polar surface area (TPSA) is 80.0 Å². The molecule has 1 amide bonds. The minimum absolute atomic E-state index is 0.278. The molecule has 0 fully saturated rings. The van der Waals surface area contributed by atoms with Crippen LogP contribution >= 0.6 is 11.6 Å². The lowest BCUT2D eigenvalue weighted by atomic mass is 10.2. The van der Waals surface area contributed by atoms with Gasteiger partial charge < -0.3 is 15.2 Å². The Kier molecular flexibility index (Phi) is 4.95. The molecule has 0 atom stereocenters. The molecule has 106 valence electrons. The normalized spacial score (nSPS) is 10.3. The summed E-state index contributed by atoms with van der Waals surface area (Å²) in [6.45, 7) is 3.12. The number of pyridine rings is 1. The van der Waals surface area contributed by atoms with E-state index in [9.17, 15) is 4.79 Å². The van der Waals surface area contributed by atoms with Crippen molar-refractivity contribution < 1.29 is 9.32 Å². The second-order valence-corrected chi connectivity index (χ2v) is 4.56. The molecule has 0 radical (unpaired) electrons. The quantitative estimate of drug-likeness (QED) is 0.855. The van der Waals surface area contributed by atoms with Crippen LogP contribution in [0.25, 0.3) is 0 Å². The molecule has 0 aliphatic carbocycles. The van der Waals surface area contributed by atoms with E-state index in [1.165, 1.54) is 12.5 Å². The van der Waals surface area contributed by atoms with Crippen molar-refractivity contribution in [2.45, 2.75) is 19.9 Å². The van der Waals surface area contributed by atoms with Gasteiger partial charge in [0.1, 0.15) is 17.8 Å². The summed E-state index contributed by atoms with van der Waals surface area (Å²) in [7, 11) is 0. The average Bonchev–Trinajstić information content (AvgIpc) is 2.97. The monoisotopic (exact) mass is 294 g/mol. The number of amides is 1. The van der Waals surface area contributed by atoms with Gasteiger partial charge in [0.2, 0.25) is 0 Å². The van der Waals surface area contributed by atoms with Crippen molar-refractivity contribution in [3.05, 3.63) is 40.9 Å². The second-order valence-electron chi connectivity index (χ2n) is 4.15. The molecule has 20 heavy (non-hydrogen) atoms. The van der Waals surface area contributed by atoms with Crippen LogP contribution in [0.2, 0.25) is 5.02 Å². The van der Waals surface area contributed by atoms with Gasteiger partial charge in [-0.15, -0.1) is 0 Å². The van der Waals surface area contributed by atoms with Crippen molar-refractivity contribution in [1.82, 2.24) is 15.5 Å². The number of carbonyl (C=O) groups excluding carboxylic acids is 1. The highest BCUT2D eigenvalue weighted by atomic mass is 35.5. The third kappa shape index (κ3) is 3.71. The van der Waals surface area contributed by atoms with Crippen LogP contribution in [-0.4, -0.2) is 22.6 Å². The predicted molar refractivity (Wildman–Crippen MR) is 75.7 cm³/mol. The molecule has 0 saturated heterocycles. The highest BCUT2D eigenvalue weighted by Gasteiger charge is 2.12. The van der Waals surface area contributed by atoms with Gasteiger partial charge in [-0.25, -0.2) is 4.98 Å². The Labute approximate surface area is 121 Å². The minimum Gasteiger partial charge on any atom is -0.370 e. The maximum Gasteiger partial charge on any atom is 0.253 e. The van der Waals surface area contributed by atoms with E-state index in [0.717, 1.165) is 13.0 Å². The summed E-state index contributed by atoms with van der Waals surface area (Å²) in [5.74, 6) is 0.350. The Bertz CT molecular complexity index is 572. The molecule has 0 bridgehead atoms. The third-order valence-corrected chi connectivity index (χ3v) is 2.88. The lowest BCUT2D eigenvalue weighted by Crippen LogP contribution is -2.23. The van der Waals surface area contributed by atoms with Gasteiger partial charge in [0.05, 0.1) is 17.1 Å². The maximum absolute atomic E-state index is 12.1. The van der Waals surface area contributed by atoms with Crippen LogP contribution < -0.4 is 10.6 Å². The van der Waals surface area contributed by atoms with Gasteiger partial charge in [-0.05, 0) is 12.5 Å². The zero-order valence-corrected chi connectivity index (χ0v) is 11.8. The van der Waals surface area contributed by atoms with E-state index in [1.54, 1.807) is 12.1 Å². The molecular weight excluding hydrogens is 280 g/mol. The first-order valence-electron chi connectivity index (χ1n) is 6.27. The SMILES string of the molecule is CCCNc1cc(C(=O)NCc2ccon2)c(Cl)cn1. The molecule has 0 saturated carbocycles. The standard InChI is InChI=1S/C13H15ClN4O2/c1-2-4-15-12-6-10(11(14)8-16-12)13(19)17-7-9-3-5-20-18-9/h3,5-6,8H,2,4,7H2,1H3,(H,15,16)(H,17,19). The Morgan fingerprint density at radius 3 is 3.05 bits per heavy atom. The molecule has 2 aromatic heterocycles. The van der Waals surface area contributed by atoms with E-state index in [2.05, 4.69) is 27.7 Å². The van der Waals surface area contributed by atoms with Crippen molar-refractivity contribution in [2.24, 2.45) is 0 Å². The number of nitrogens with one attached hydrogen (secondary N) is 2. The van der Waals surface area contributed by atoms with Crippen LogP contribution in [0.4, 0.5) is 5.82 Å². The third-order valence-electron chi connectivity index (χ3n) is 2.58. The summed E-state index contributed by atoms with van der Waals surface area (Å²) in [5, 5.41) is 9.86. The van der Waals surface area contributed by atoms with Gasteiger partial charge in [-0.1, -0.05) is 23.7 Å². The van der Waals surface area contributed by atoms with E-state index in [1.807, 2.05) is 0 Å². The first kappa shape index (κ1) is 14.3. The van der Waals surface area contributed by atoms with Crippen LogP contribution in [0.1, 0.15) is 29.4 Å². The van der Waals surface area contributed by atoms with Crippen molar-refractivity contribution >= 4 is 23.3 Å². The minimum atomic E-state index is -0.278. The van der Waals surface area contributed by atoms with E-state index in [0.29, 0.717) is 22.1 Å². The molecule has 2 rings (SSSR count). The zero-order valence-electron chi connectivity index (χ0n) is 11.0. The largest absolute Gasteiger partial charge is 0.370 e. The zero-order chi connectivity index (χ0) is 14.4. The van der Waals surface area contributed by atoms with E-state index >= 15 is 0 Å². The van der Waals surface area contributed by atoms with E-state index in [-0.39, 0.29) is 12.5 Å². The molecule has 6 nitrogen and oxygen atoms in total.